The number of carbonyl (C=O) groups is 5. The van der Waals surface area contributed by atoms with E-state index in [1.54, 1.807) is 28.9 Å². The van der Waals surface area contributed by atoms with Gasteiger partial charge in [-0.3, -0.25) is 23.9 Å². The van der Waals surface area contributed by atoms with E-state index in [9.17, 15) is 24.0 Å². The predicted molar refractivity (Wildman–Crippen MR) is 222 cm³/mol. The number of unbranched alkanes of at least 4 members (excludes halogenated alkanes) is 2. The summed E-state index contributed by atoms with van der Waals surface area (Å²) in [7, 11) is 0. The Balaban J connectivity index is 1.12. The van der Waals surface area contributed by atoms with E-state index in [1.807, 2.05) is 86.3 Å². The highest BCUT2D eigenvalue weighted by atomic mass is 16.6. The topological polar surface area (TPSA) is 164 Å². The van der Waals surface area contributed by atoms with Crippen molar-refractivity contribution in [1.82, 2.24) is 35.5 Å². The van der Waals surface area contributed by atoms with Gasteiger partial charge in [-0.15, -0.1) is 0 Å². The number of hydrogen-bond acceptors (Lipinski definition) is 8. The zero-order valence-electron chi connectivity index (χ0n) is 35.4. The van der Waals surface area contributed by atoms with Crippen molar-refractivity contribution in [3.8, 4) is 0 Å². The smallest absolute Gasteiger partial charge is 0.407 e. The Bertz CT molecular complexity index is 1940. The van der Waals surface area contributed by atoms with E-state index in [-0.39, 0.29) is 48.1 Å². The third-order valence-electron chi connectivity index (χ3n) is 11.7. The van der Waals surface area contributed by atoms with Crippen LogP contribution >= 0.6 is 0 Å². The Morgan fingerprint density at radius 1 is 0.847 bits per heavy atom. The van der Waals surface area contributed by atoms with Gasteiger partial charge in [-0.25, -0.2) is 4.79 Å². The first-order valence-corrected chi connectivity index (χ1v) is 20.9. The molecule has 2 saturated heterocycles. The maximum Gasteiger partial charge on any atom is 0.407 e. The van der Waals surface area contributed by atoms with Crippen LogP contribution in [-0.4, -0.2) is 106 Å². The molecule has 3 heterocycles. The number of aromatic nitrogens is 2. The molecule has 6 rings (SSSR count). The summed E-state index contributed by atoms with van der Waals surface area (Å²) in [4.78, 5) is 71.4. The van der Waals surface area contributed by atoms with Gasteiger partial charge in [0.05, 0.1) is 36.9 Å². The van der Waals surface area contributed by atoms with Gasteiger partial charge >= 0.3 is 6.09 Å². The van der Waals surface area contributed by atoms with E-state index in [0.29, 0.717) is 57.7 Å². The maximum absolute atomic E-state index is 14.5. The second-order valence-corrected chi connectivity index (χ2v) is 18.2. The first-order valence-electron chi connectivity index (χ1n) is 20.9. The molecule has 0 bridgehead atoms. The van der Waals surface area contributed by atoms with E-state index in [4.69, 9.17) is 9.47 Å². The number of benzene rings is 2. The molecule has 2 aliphatic heterocycles. The first-order chi connectivity index (χ1) is 28.0. The number of alkyl carbamates (subject to hydrolysis) is 1. The normalized spacial score (nSPS) is 20.0. The monoisotopic (exact) mass is 811 g/mol. The predicted octanol–water partition coefficient (Wildman–Crippen LogP) is 4.78. The first kappa shape index (κ1) is 43.3. The Morgan fingerprint density at radius 2 is 1.46 bits per heavy atom. The number of likely N-dealkylation sites (tertiary alicyclic amines) is 2. The summed E-state index contributed by atoms with van der Waals surface area (Å²) >= 11 is 0. The molecule has 14 nitrogen and oxygen atoms in total. The van der Waals surface area contributed by atoms with Crippen LogP contribution in [0, 0.1) is 22.7 Å². The van der Waals surface area contributed by atoms with Crippen molar-refractivity contribution in [2.24, 2.45) is 22.7 Å². The lowest BCUT2D eigenvalue weighted by Crippen LogP contribution is -2.65. The van der Waals surface area contributed by atoms with E-state index in [2.05, 4.69) is 34.9 Å². The van der Waals surface area contributed by atoms with Crippen LogP contribution in [0.2, 0.25) is 0 Å². The van der Waals surface area contributed by atoms with Crippen molar-refractivity contribution in [1.29, 1.82) is 0 Å². The lowest BCUT2D eigenvalue weighted by atomic mass is 9.70. The number of nitrogens with one attached hydrogen (secondary N) is 3. The molecule has 3 fully saturated rings. The highest BCUT2D eigenvalue weighted by Gasteiger charge is 2.62. The standard InChI is InChI=1S/C45H61N7O7/c1-31(58-27-33-18-12-8-13-19-33)37(39(54)46-20-14-9-15-21-47-42(57)59-43(2,3)4)49-38(53)36-26-50(28-45(36)29-51(30-45)41(56)35-22-44(35,5)6)40(55)34-23-48-52(25-34)24-32-16-10-7-11-17-32/h7-8,10-13,16-19,23,25,31,35-37H,9,14-15,20-22,24,26-30H2,1-6H3,(H,46,54)(H,47,57)(H,49,53)/t31-,35?,36?,37+/m1/s1. The Kier molecular flexibility index (Phi) is 13.5. The minimum absolute atomic E-state index is 0.0400. The Hall–Kier alpha value is -5.24. The third-order valence-corrected chi connectivity index (χ3v) is 11.7. The molecule has 59 heavy (non-hydrogen) atoms. The molecular formula is C45H61N7O7. The second kappa shape index (κ2) is 18.4. The van der Waals surface area contributed by atoms with Gasteiger partial charge in [-0.1, -0.05) is 74.5 Å². The van der Waals surface area contributed by atoms with Crippen molar-refractivity contribution in [3.05, 3.63) is 89.7 Å². The molecule has 3 aromatic rings. The highest BCUT2D eigenvalue weighted by Crippen LogP contribution is 2.54. The average Bonchev–Trinajstić information content (AvgIpc) is 3.47. The molecule has 3 N–H and O–H groups in total. The number of rotatable bonds is 17. The van der Waals surface area contributed by atoms with Crippen LogP contribution in [0.3, 0.4) is 0 Å². The van der Waals surface area contributed by atoms with Gasteiger partial charge < -0.3 is 35.2 Å². The van der Waals surface area contributed by atoms with Crippen LogP contribution in [-0.2, 0) is 37.0 Å². The van der Waals surface area contributed by atoms with E-state index in [1.165, 1.54) is 0 Å². The third kappa shape index (κ3) is 11.3. The quantitative estimate of drug-likeness (QED) is 0.164. The van der Waals surface area contributed by atoms with Crippen LogP contribution in [0.1, 0.15) is 88.7 Å². The molecule has 2 unspecified atom stereocenters. The summed E-state index contributed by atoms with van der Waals surface area (Å²) in [5, 5.41) is 13.2. The zero-order chi connectivity index (χ0) is 42.4. The molecular weight excluding hydrogens is 751 g/mol. The van der Waals surface area contributed by atoms with Crippen LogP contribution in [0.4, 0.5) is 4.79 Å². The minimum atomic E-state index is -1.02. The molecule has 1 spiro atoms. The molecule has 2 aromatic carbocycles. The van der Waals surface area contributed by atoms with E-state index >= 15 is 0 Å². The summed E-state index contributed by atoms with van der Waals surface area (Å²) in [6.07, 6.45) is 5.07. The summed E-state index contributed by atoms with van der Waals surface area (Å²) in [5.74, 6) is -1.59. The van der Waals surface area contributed by atoms with Gasteiger partial charge in [-0.05, 0) is 69.9 Å². The lowest BCUT2D eigenvalue weighted by molar-refractivity contribution is -0.152. The largest absolute Gasteiger partial charge is 0.444 e. The second-order valence-electron chi connectivity index (χ2n) is 18.2. The zero-order valence-corrected chi connectivity index (χ0v) is 35.4. The lowest BCUT2D eigenvalue weighted by Gasteiger charge is -2.50. The average molecular weight is 812 g/mol. The van der Waals surface area contributed by atoms with Crippen molar-refractivity contribution < 1.29 is 33.4 Å². The number of hydrogen-bond donors (Lipinski definition) is 3. The van der Waals surface area contributed by atoms with Crippen LogP contribution in [0.5, 0.6) is 0 Å². The molecule has 14 heteroatoms. The summed E-state index contributed by atoms with van der Waals surface area (Å²) < 4.78 is 13.2. The molecule has 1 aromatic heterocycles. The van der Waals surface area contributed by atoms with Gasteiger partial charge in [0, 0.05) is 56.8 Å². The summed E-state index contributed by atoms with van der Waals surface area (Å²) in [6, 6.07) is 18.4. The molecule has 1 saturated carbocycles. The number of nitrogens with zero attached hydrogens (tertiary/aromatic N) is 4. The molecule has 1 aliphatic carbocycles. The summed E-state index contributed by atoms with van der Waals surface area (Å²) in [6.45, 7) is 14.1. The summed E-state index contributed by atoms with van der Waals surface area (Å²) in [5.41, 5.74) is 1.12. The highest BCUT2D eigenvalue weighted by molar-refractivity contribution is 5.96. The number of ether oxygens (including phenoxy) is 2. The van der Waals surface area contributed by atoms with Gasteiger partial charge in [0.25, 0.3) is 5.91 Å². The number of carbonyl (C=O) groups excluding carboxylic acids is 5. The fraction of sp³-hybridized carbons (Fsp3) is 0.556. The SMILES string of the molecule is C[C@@H](OCc1ccccc1)[C@H](NC(=O)C1CN(C(=O)c2cnn(Cc3ccccc3)c2)CC12CN(C(=O)C1CC1(C)C)C2)C(=O)NCCCCCNC(=O)OC(C)(C)C. The van der Waals surface area contributed by atoms with Crippen molar-refractivity contribution in [2.75, 3.05) is 39.3 Å². The van der Waals surface area contributed by atoms with Crippen molar-refractivity contribution in [2.45, 2.75) is 98.1 Å². The van der Waals surface area contributed by atoms with Crippen LogP contribution < -0.4 is 16.0 Å². The Labute approximate surface area is 347 Å². The van der Waals surface area contributed by atoms with Crippen molar-refractivity contribution >= 4 is 29.7 Å². The fourth-order valence-electron chi connectivity index (χ4n) is 8.10. The van der Waals surface area contributed by atoms with Gasteiger partial charge in [0.15, 0.2) is 0 Å². The van der Waals surface area contributed by atoms with Gasteiger partial charge in [0.2, 0.25) is 17.7 Å². The minimum Gasteiger partial charge on any atom is -0.444 e. The van der Waals surface area contributed by atoms with Crippen LogP contribution in [0.15, 0.2) is 73.1 Å². The van der Waals surface area contributed by atoms with E-state index < -0.39 is 35.2 Å². The van der Waals surface area contributed by atoms with Gasteiger partial charge in [0.1, 0.15) is 11.6 Å². The number of amides is 5. The maximum atomic E-state index is 14.5. The Morgan fingerprint density at radius 3 is 2.08 bits per heavy atom. The van der Waals surface area contributed by atoms with Crippen LogP contribution in [0.25, 0.3) is 0 Å². The van der Waals surface area contributed by atoms with E-state index in [0.717, 1.165) is 24.0 Å². The van der Waals surface area contributed by atoms with Gasteiger partial charge in [-0.2, -0.15) is 5.10 Å². The molecule has 5 amide bonds. The molecule has 0 radical (unpaired) electrons. The van der Waals surface area contributed by atoms with Crippen molar-refractivity contribution in [3.63, 3.8) is 0 Å². The molecule has 318 valence electrons. The molecule has 3 aliphatic rings. The fourth-order valence-corrected chi connectivity index (χ4v) is 8.10. The molecule has 4 atom stereocenters.